The van der Waals surface area contributed by atoms with Crippen LogP contribution in [-0.2, 0) is 10.0 Å². The normalized spacial score (nSPS) is 19.4. The fourth-order valence-corrected chi connectivity index (χ4v) is 5.53. The van der Waals surface area contributed by atoms with Gasteiger partial charge in [-0.15, -0.1) is 0 Å². The zero-order chi connectivity index (χ0) is 15.8. The SMILES string of the molecule is CC1(C)CN(S(=O)(=O)c2cc([N+](=O)[O-])ccc2Cl)CCS1. The van der Waals surface area contributed by atoms with Crippen molar-refractivity contribution < 1.29 is 13.3 Å². The molecule has 0 unspecified atom stereocenters. The van der Waals surface area contributed by atoms with Gasteiger partial charge in [0.15, 0.2) is 0 Å². The summed E-state index contributed by atoms with van der Waals surface area (Å²) in [5.74, 6) is 0.679. The molecule has 9 heteroatoms. The molecular weight excluding hydrogens is 336 g/mol. The molecule has 0 radical (unpaired) electrons. The van der Waals surface area contributed by atoms with Crippen molar-refractivity contribution in [3.63, 3.8) is 0 Å². The van der Waals surface area contributed by atoms with Gasteiger partial charge in [0.2, 0.25) is 10.0 Å². The third-order valence-electron chi connectivity index (χ3n) is 3.13. The highest BCUT2D eigenvalue weighted by Crippen LogP contribution is 2.35. The number of nitro groups is 1. The Bertz CT molecular complexity index is 676. The van der Waals surface area contributed by atoms with Gasteiger partial charge in [-0.25, -0.2) is 8.42 Å². The lowest BCUT2D eigenvalue weighted by atomic mass is 10.2. The predicted octanol–water partition coefficient (Wildman–Crippen LogP) is 2.76. The molecule has 1 fully saturated rings. The summed E-state index contributed by atoms with van der Waals surface area (Å²) < 4.78 is 26.5. The van der Waals surface area contributed by atoms with E-state index in [2.05, 4.69) is 0 Å². The molecule has 0 spiro atoms. The van der Waals surface area contributed by atoms with E-state index < -0.39 is 14.9 Å². The van der Waals surface area contributed by atoms with E-state index in [9.17, 15) is 18.5 Å². The maximum Gasteiger partial charge on any atom is 0.270 e. The van der Waals surface area contributed by atoms with Crippen molar-refractivity contribution in [1.82, 2.24) is 4.31 Å². The lowest BCUT2D eigenvalue weighted by Gasteiger charge is -2.36. The van der Waals surface area contributed by atoms with E-state index in [1.807, 2.05) is 13.8 Å². The Labute approximate surface area is 132 Å². The standard InChI is InChI=1S/C12H15ClN2O4S2/c1-12(2)8-14(5-6-20-12)21(18,19)11-7-9(15(16)17)3-4-10(11)13/h3-4,7H,5-6,8H2,1-2H3. The van der Waals surface area contributed by atoms with Gasteiger partial charge in [-0.1, -0.05) is 11.6 Å². The van der Waals surface area contributed by atoms with Gasteiger partial charge < -0.3 is 0 Å². The van der Waals surface area contributed by atoms with Gasteiger partial charge in [-0.3, -0.25) is 10.1 Å². The molecule has 0 aliphatic carbocycles. The summed E-state index contributed by atoms with van der Waals surface area (Å²) in [7, 11) is -3.84. The number of nitrogens with zero attached hydrogens (tertiary/aromatic N) is 2. The molecule has 1 heterocycles. The van der Waals surface area contributed by atoms with Crippen LogP contribution in [0.3, 0.4) is 0 Å². The second kappa shape index (κ2) is 5.75. The van der Waals surface area contributed by atoms with Crippen molar-refractivity contribution in [2.75, 3.05) is 18.8 Å². The highest BCUT2D eigenvalue weighted by molar-refractivity contribution is 8.00. The summed E-state index contributed by atoms with van der Waals surface area (Å²) in [6, 6.07) is 3.46. The van der Waals surface area contributed by atoms with Crippen molar-refractivity contribution in [3.05, 3.63) is 33.3 Å². The number of rotatable bonds is 3. The topological polar surface area (TPSA) is 80.5 Å². The Morgan fingerprint density at radius 2 is 2.10 bits per heavy atom. The number of non-ortho nitro benzene ring substituents is 1. The summed E-state index contributed by atoms with van der Waals surface area (Å²) in [5, 5.41) is 10.8. The van der Waals surface area contributed by atoms with Gasteiger partial charge in [0.05, 0.1) is 9.95 Å². The molecule has 1 saturated heterocycles. The van der Waals surface area contributed by atoms with Crippen molar-refractivity contribution in [2.45, 2.75) is 23.5 Å². The number of thioether (sulfide) groups is 1. The molecule has 1 aromatic carbocycles. The molecule has 2 rings (SSSR count). The van der Waals surface area contributed by atoms with Crippen molar-refractivity contribution in [1.29, 1.82) is 0 Å². The molecule has 1 aliphatic heterocycles. The average Bonchev–Trinajstić information content (AvgIpc) is 2.37. The Morgan fingerprint density at radius 1 is 1.43 bits per heavy atom. The highest BCUT2D eigenvalue weighted by atomic mass is 35.5. The molecule has 0 atom stereocenters. The van der Waals surface area contributed by atoms with Crippen LogP contribution in [0.25, 0.3) is 0 Å². The van der Waals surface area contributed by atoms with Gasteiger partial charge in [-0.2, -0.15) is 16.1 Å². The second-order valence-electron chi connectivity index (χ2n) is 5.32. The van der Waals surface area contributed by atoms with Crippen LogP contribution in [0.2, 0.25) is 5.02 Å². The van der Waals surface area contributed by atoms with Crippen LogP contribution < -0.4 is 0 Å². The fraction of sp³-hybridized carbons (Fsp3) is 0.500. The van der Waals surface area contributed by atoms with Crippen LogP contribution in [0.15, 0.2) is 23.1 Å². The number of hydrogen-bond donors (Lipinski definition) is 0. The van der Waals surface area contributed by atoms with Gasteiger partial charge in [-0.05, 0) is 19.9 Å². The first-order valence-electron chi connectivity index (χ1n) is 6.21. The molecule has 0 N–H and O–H groups in total. The third-order valence-corrected chi connectivity index (χ3v) is 6.76. The molecule has 1 aromatic rings. The van der Waals surface area contributed by atoms with Crippen LogP contribution in [0, 0.1) is 10.1 Å². The summed E-state index contributed by atoms with van der Waals surface area (Å²) in [4.78, 5) is 9.98. The zero-order valence-electron chi connectivity index (χ0n) is 11.6. The summed E-state index contributed by atoms with van der Waals surface area (Å²) in [5.41, 5.74) is -0.288. The molecule has 21 heavy (non-hydrogen) atoms. The Balaban J connectivity index is 2.44. The Kier molecular flexibility index (Phi) is 4.53. The van der Waals surface area contributed by atoms with Gasteiger partial charge >= 0.3 is 0 Å². The average molecular weight is 351 g/mol. The quantitative estimate of drug-likeness (QED) is 0.618. The van der Waals surface area contributed by atoms with Crippen molar-refractivity contribution >= 4 is 39.1 Å². The number of nitro benzene ring substituents is 1. The van der Waals surface area contributed by atoms with E-state index in [0.29, 0.717) is 18.8 Å². The number of benzene rings is 1. The molecule has 1 aliphatic rings. The molecule has 0 amide bonds. The van der Waals surface area contributed by atoms with Crippen LogP contribution in [0.1, 0.15) is 13.8 Å². The molecule has 116 valence electrons. The fourth-order valence-electron chi connectivity index (χ4n) is 2.12. The predicted molar refractivity (Wildman–Crippen MR) is 83.4 cm³/mol. The smallest absolute Gasteiger partial charge is 0.258 e. The molecule has 0 saturated carbocycles. The third kappa shape index (κ3) is 3.50. The lowest BCUT2D eigenvalue weighted by Crippen LogP contribution is -2.46. The van der Waals surface area contributed by atoms with Crippen LogP contribution >= 0.6 is 23.4 Å². The van der Waals surface area contributed by atoms with E-state index in [1.165, 1.54) is 16.4 Å². The number of sulfonamides is 1. The lowest BCUT2D eigenvalue weighted by molar-refractivity contribution is -0.385. The Hall–Kier alpha value is -0.830. The van der Waals surface area contributed by atoms with E-state index in [1.54, 1.807) is 11.8 Å². The highest BCUT2D eigenvalue weighted by Gasteiger charge is 2.36. The summed E-state index contributed by atoms with van der Waals surface area (Å²) >= 11 is 7.64. The first kappa shape index (κ1) is 16.5. The minimum atomic E-state index is -3.84. The molecule has 0 aromatic heterocycles. The second-order valence-corrected chi connectivity index (χ2v) is 9.43. The van der Waals surface area contributed by atoms with Crippen LogP contribution in [-0.4, -0.2) is 41.2 Å². The van der Waals surface area contributed by atoms with E-state index in [-0.39, 0.29) is 20.4 Å². The van der Waals surface area contributed by atoms with E-state index in [0.717, 1.165) is 6.07 Å². The van der Waals surface area contributed by atoms with Gasteiger partial charge in [0.1, 0.15) is 4.90 Å². The van der Waals surface area contributed by atoms with Crippen molar-refractivity contribution in [3.8, 4) is 0 Å². The van der Waals surface area contributed by atoms with E-state index in [4.69, 9.17) is 11.6 Å². The first-order chi connectivity index (χ1) is 9.63. The number of hydrogen-bond acceptors (Lipinski definition) is 5. The summed E-state index contributed by atoms with van der Waals surface area (Å²) in [6.07, 6.45) is 0. The molecular formula is C12H15ClN2O4S2. The minimum Gasteiger partial charge on any atom is -0.258 e. The number of halogens is 1. The summed E-state index contributed by atoms with van der Waals surface area (Å²) in [6.45, 7) is 4.65. The molecule has 0 bridgehead atoms. The van der Waals surface area contributed by atoms with Crippen LogP contribution in [0.5, 0.6) is 0 Å². The van der Waals surface area contributed by atoms with E-state index >= 15 is 0 Å². The zero-order valence-corrected chi connectivity index (χ0v) is 14.0. The van der Waals surface area contributed by atoms with Crippen LogP contribution in [0.4, 0.5) is 5.69 Å². The van der Waals surface area contributed by atoms with Crippen molar-refractivity contribution in [2.24, 2.45) is 0 Å². The van der Waals surface area contributed by atoms with Gasteiger partial charge in [0, 0.05) is 35.7 Å². The largest absolute Gasteiger partial charge is 0.270 e. The first-order valence-corrected chi connectivity index (χ1v) is 9.02. The maximum atomic E-state index is 12.7. The monoisotopic (exact) mass is 350 g/mol. The Morgan fingerprint density at radius 3 is 2.67 bits per heavy atom. The maximum absolute atomic E-state index is 12.7. The minimum absolute atomic E-state index is 0.00312. The molecule has 6 nitrogen and oxygen atoms in total. The van der Waals surface area contributed by atoms with Gasteiger partial charge in [0.25, 0.3) is 5.69 Å².